The fourth-order valence-electron chi connectivity index (χ4n) is 3.03. The molecule has 0 spiro atoms. The van der Waals surface area contributed by atoms with Gasteiger partial charge in [-0.25, -0.2) is 0 Å². The summed E-state index contributed by atoms with van der Waals surface area (Å²) in [6.45, 7) is 0.749. The van der Waals surface area contributed by atoms with Crippen LogP contribution in [0.3, 0.4) is 0 Å². The number of esters is 1. The van der Waals surface area contributed by atoms with Gasteiger partial charge >= 0.3 is 23.9 Å². The van der Waals surface area contributed by atoms with E-state index in [1.165, 1.54) is 18.2 Å². The smallest absolute Gasteiger partial charge is 0.438 e. The van der Waals surface area contributed by atoms with Gasteiger partial charge < -0.3 is 14.2 Å². The van der Waals surface area contributed by atoms with Crippen molar-refractivity contribution in [1.29, 1.82) is 0 Å². The number of epoxide rings is 1. The molecule has 0 saturated carbocycles. The van der Waals surface area contributed by atoms with Crippen LogP contribution in [0, 0.1) is 0 Å². The molecule has 7 nitrogen and oxygen atoms in total. The summed E-state index contributed by atoms with van der Waals surface area (Å²) in [5.41, 5.74) is -5.44. The van der Waals surface area contributed by atoms with Crippen LogP contribution < -0.4 is 4.74 Å². The summed E-state index contributed by atoms with van der Waals surface area (Å²) in [5, 5.41) is 0.800. The van der Waals surface area contributed by atoms with Crippen molar-refractivity contribution in [3.8, 4) is 5.75 Å². The topological polar surface area (TPSA) is 102 Å². The minimum atomic E-state index is -6.39. The molecule has 14 heteroatoms. The Hall–Kier alpha value is -2.58. The molecular weight excluding hydrogens is 486 g/mol. The highest BCUT2D eigenvalue weighted by atomic mass is 32.2. The fourth-order valence-corrected chi connectivity index (χ4v) is 3.93. The number of hydrogen-bond acceptors (Lipinski definition) is 6. The molecule has 1 aliphatic rings. The van der Waals surface area contributed by atoms with E-state index in [0.29, 0.717) is 23.1 Å². The van der Waals surface area contributed by atoms with Crippen LogP contribution in [0.15, 0.2) is 36.4 Å². The number of fused-ring (bicyclic) bond motifs is 1. The van der Waals surface area contributed by atoms with Gasteiger partial charge in [0.25, 0.3) is 10.1 Å². The molecule has 0 amide bonds. The lowest BCUT2D eigenvalue weighted by atomic mass is 10.0. The first-order valence-electron chi connectivity index (χ1n) is 9.18. The lowest BCUT2D eigenvalue weighted by molar-refractivity contribution is -0.361. The van der Waals surface area contributed by atoms with E-state index in [1.54, 1.807) is 18.2 Å². The van der Waals surface area contributed by atoms with Gasteiger partial charge in [-0.3, -0.25) is 9.35 Å². The largest absolute Gasteiger partial charge is 0.491 e. The van der Waals surface area contributed by atoms with E-state index >= 15 is 0 Å². The minimum Gasteiger partial charge on any atom is -0.491 e. The van der Waals surface area contributed by atoms with Crippen LogP contribution in [0.4, 0.5) is 26.3 Å². The molecule has 1 unspecified atom stereocenters. The van der Waals surface area contributed by atoms with E-state index in [9.17, 15) is 39.6 Å². The Morgan fingerprint density at radius 2 is 1.73 bits per heavy atom. The number of ether oxygens (including phenoxy) is 3. The first-order chi connectivity index (χ1) is 15.1. The van der Waals surface area contributed by atoms with Gasteiger partial charge in [-0.1, -0.05) is 24.3 Å². The number of rotatable bonds is 8. The van der Waals surface area contributed by atoms with Crippen LogP contribution in [-0.2, 0) is 30.8 Å². The Labute approximate surface area is 183 Å². The summed E-state index contributed by atoms with van der Waals surface area (Å²) in [6, 6.07) is 8.88. The fraction of sp³-hybridized carbons (Fsp3) is 0.421. The van der Waals surface area contributed by atoms with Gasteiger partial charge in [0.1, 0.15) is 24.2 Å². The molecule has 1 heterocycles. The molecule has 0 bridgehead atoms. The molecule has 1 aliphatic heterocycles. The Kier molecular flexibility index (Phi) is 6.56. The molecule has 0 aromatic heterocycles. The second-order valence-corrected chi connectivity index (χ2v) is 8.72. The molecule has 0 aliphatic carbocycles. The average Bonchev–Trinajstić information content (AvgIpc) is 3.47. The number of benzene rings is 2. The van der Waals surface area contributed by atoms with Gasteiger partial charge in [0.15, 0.2) is 0 Å². The van der Waals surface area contributed by atoms with E-state index in [-0.39, 0.29) is 18.3 Å². The third-order valence-electron chi connectivity index (χ3n) is 4.71. The molecular formula is C19H16F6O7S. The quantitative estimate of drug-likeness (QED) is 0.255. The van der Waals surface area contributed by atoms with Crippen LogP contribution in [0.5, 0.6) is 5.75 Å². The summed E-state index contributed by atoms with van der Waals surface area (Å²) in [4.78, 5) is 12.2. The van der Waals surface area contributed by atoms with Crippen molar-refractivity contribution in [2.24, 2.45) is 0 Å². The Morgan fingerprint density at radius 3 is 2.27 bits per heavy atom. The zero-order chi connectivity index (χ0) is 24.7. The van der Waals surface area contributed by atoms with Gasteiger partial charge in [-0.2, -0.15) is 34.8 Å². The second-order valence-electron chi connectivity index (χ2n) is 7.27. The van der Waals surface area contributed by atoms with Crippen molar-refractivity contribution < 1.29 is 58.3 Å². The van der Waals surface area contributed by atoms with E-state index < -0.39 is 46.2 Å². The molecule has 182 valence electrons. The third-order valence-corrected chi connectivity index (χ3v) is 5.48. The average molecular weight is 502 g/mol. The summed E-state index contributed by atoms with van der Waals surface area (Å²) >= 11 is 0. The normalized spacial score (nSPS) is 17.1. The highest BCUT2D eigenvalue weighted by Gasteiger charge is 2.75. The molecule has 1 atom stereocenters. The van der Waals surface area contributed by atoms with E-state index in [0.717, 1.165) is 0 Å². The Balaban J connectivity index is 1.91. The van der Waals surface area contributed by atoms with Crippen molar-refractivity contribution in [2.45, 2.75) is 30.5 Å². The van der Waals surface area contributed by atoms with Crippen molar-refractivity contribution >= 4 is 26.9 Å². The van der Waals surface area contributed by atoms with Gasteiger partial charge in [0, 0.05) is 0 Å². The zero-order valence-corrected chi connectivity index (χ0v) is 17.3. The van der Waals surface area contributed by atoms with Crippen molar-refractivity contribution in [1.82, 2.24) is 0 Å². The van der Waals surface area contributed by atoms with E-state index in [2.05, 4.69) is 4.74 Å². The van der Waals surface area contributed by atoms with E-state index in [1.807, 2.05) is 0 Å². The maximum Gasteiger partial charge on any atom is 0.438 e. The SMILES string of the molecule is O=C(Cc1cccc2ccc(OCC3CO3)cc12)OC(CS(=O)(=O)O)(C(F)(F)F)C(F)(F)F. The number of carbonyl (C=O) groups excluding carboxylic acids is 1. The number of hydrogen-bond donors (Lipinski definition) is 1. The Morgan fingerprint density at radius 1 is 1.09 bits per heavy atom. The van der Waals surface area contributed by atoms with Gasteiger partial charge in [0.2, 0.25) is 0 Å². The van der Waals surface area contributed by atoms with Crippen LogP contribution in [0.25, 0.3) is 10.8 Å². The Bertz CT molecular complexity index is 1130. The lowest BCUT2D eigenvalue weighted by Gasteiger charge is -2.35. The second kappa shape index (κ2) is 8.65. The number of halogens is 6. The van der Waals surface area contributed by atoms with Crippen LogP contribution in [-0.4, -0.2) is 62.0 Å². The minimum absolute atomic E-state index is 0.00993. The monoisotopic (exact) mass is 502 g/mol. The first kappa shape index (κ1) is 25.1. The van der Waals surface area contributed by atoms with Crippen molar-refractivity contribution in [3.63, 3.8) is 0 Å². The number of carbonyl (C=O) groups is 1. The molecule has 33 heavy (non-hydrogen) atoms. The molecule has 1 N–H and O–H groups in total. The summed E-state index contributed by atoms with van der Waals surface area (Å²) < 4.78 is 125. The zero-order valence-electron chi connectivity index (χ0n) is 16.4. The predicted octanol–water partition coefficient (Wildman–Crippen LogP) is 3.45. The van der Waals surface area contributed by atoms with Crippen molar-refractivity contribution in [2.75, 3.05) is 19.0 Å². The molecule has 2 aromatic rings. The van der Waals surface area contributed by atoms with Crippen molar-refractivity contribution in [3.05, 3.63) is 42.0 Å². The predicted molar refractivity (Wildman–Crippen MR) is 100 cm³/mol. The molecule has 0 radical (unpaired) electrons. The van der Waals surface area contributed by atoms with Gasteiger partial charge in [-0.05, 0) is 28.5 Å². The summed E-state index contributed by atoms with van der Waals surface area (Å²) in [5.74, 6) is -4.61. The highest BCUT2D eigenvalue weighted by molar-refractivity contribution is 7.85. The van der Waals surface area contributed by atoms with Crippen LogP contribution in [0.1, 0.15) is 5.56 Å². The summed E-state index contributed by atoms with van der Waals surface area (Å²) in [7, 11) is -5.86. The third kappa shape index (κ3) is 5.86. The molecule has 1 saturated heterocycles. The molecule has 1 fully saturated rings. The maximum atomic E-state index is 13.4. The van der Waals surface area contributed by atoms with Gasteiger partial charge in [-0.15, -0.1) is 0 Å². The molecule has 2 aromatic carbocycles. The van der Waals surface area contributed by atoms with Crippen LogP contribution in [0.2, 0.25) is 0 Å². The van der Waals surface area contributed by atoms with Gasteiger partial charge in [0.05, 0.1) is 13.0 Å². The van der Waals surface area contributed by atoms with E-state index in [4.69, 9.17) is 14.0 Å². The molecule has 3 rings (SSSR count). The lowest BCUT2D eigenvalue weighted by Crippen LogP contribution is -2.63. The number of alkyl halides is 6. The first-order valence-corrected chi connectivity index (χ1v) is 10.8. The maximum absolute atomic E-state index is 13.4. The van der Waals surface area contributed by atoms with Crippen LogP contribution >= 0.6 is 0 Å². The highest BCUT2D eigenvalue weighted by Crippen LogP contribution is 2.47. The summed E-state index contributed by atoms with van der Waals surface area (Å²) in [6.07, 6.45) is -13.9. The standard InChI is InChI=1S/C19H16F6O7S/c20-18(21,22)17(19(23,24)25,10-33(27,28)29)32-16(26)6-12-3-1-2-11-4-5-13(7-15(11)12)30-8-14-9-31-14/h1-5,7,14H,6,8-10H2,(H,27,28,29).